The standard InChI is InChI=1S/C20H13ClFN3O/c21-12-4-3-5-13(10-12)24-18-9-8-14-16(11-23-20(14)25-18)19(26)15-6-1-2-7-17(15)22/h1-11H,(H2,23,24,25). The van der Waals surface area contributed by atoms with E-state index in [1.54, 1.807) is 42.6 Å². The zero-order chi connectivity index (χ0) is 18.1. The molecule has 0 aliphatic carbocycles. The van der Waals surface area contributed by atoms with Crippen LogP contribution < -0.4 is 5.32 Å². The van der Waals surface area contributed by atoms with Gasteiger partial charge < -0.3 is 10.3 Å². The van der Waals surface area contributed by atoms with Crippen LogP contribution in [0.25, 0.3) is 11.0 Å². The lowest BCUT2D eigenvalue weighted by atomic mass is 10.0. The topological polar surface area (TPSA) is 57.8 Å². The number of carbonyl (C=O) groups is 1. The molecule has 2 aromatic carbocycles. The third-order valence-corrected chi connectivity index (χ3v) is 4.23. The first-order chi connectivity index (χ1) is 12.6. The van der Waals surface area contributed by atoms with Gasteiger partial charge in [-0.2, -0.15) is 0 Å². The number of halogens is 2. The van der Waals surface area contributed by atoms with E-state index < -0.39 is 5.82 Å². The van der Waals surface area contributed by atoms with E-state index in [0.717, 1.165) is 5.69 Å². The van der Waals surface area contributed by atoms with Gasteiger partial charge in [0.2, 0.25) is 0 Å². The van der Waals surface area contributed by atoms with Gasteiger partial charge in [-0.1, -0.05) is 29.8 Å². The third-order valence-electron chi connectivity index (χ3n) is 4.00. The molecule has 4 aromatic rings. The number of carbonyl (C=O) groups excluding carboxylic acids is 1. The molecule has 0 spiro atoms. The van der Waals surface area contributed by atoms with E-state index in [9.17, 15) is 9.18 Å². The van der Waals surface area contributed by atoms with Gasteiger partial charge in [0.25, 0.3) is 0 Å². The number of benzene rings is 2. The Morgan fingerprint density at radius 3 is 2.69 bits per heavy atom. The van der Waals surface area contributed by atoms with E-state index in [1.807, 2.05) is 12.1 Å². The van der Waals surface area contributed by atoms with Gasteiger partial charge in [-0.3, -0.25) is 4.79 Å². The van der Waals surface area contributed by atoms with E-state index in [2.05, 4.69) is 15.3 Å². The Hall–Kier alpha value is -3.18. The second kappa shape index (κ2) is 6.61. The molecule has 26 heavy (non-hydrogen) atoms. The van der Waals surface area contributed by atoms with Crippen LogP contribution in [0.3, 0.4) is 0 Å². The van der Waals surface area contributed by atoms with Crippen LogP contribution in [0, 0.1) is 5.82 Å². The van der Waals surface area contributed by atoms with Crippen molar-refractivity contribution in [3.8, 4) is 0 Å². The zero-order valence-corrected chi connectivity index (χ0v) is 14.2. The first-order valence-corrected chi connectivity index (χ1v) is 8.29. The molecule has 0 saturated heterocycles. The van der Waals surface area contributed by atoms with Gasteiger partial charge in [0, 0.05) is 27.9 Å². The number of rotatable bonds is 4. The number of aromatic nitrogens is 2. The van der Waals surface area contributed by atoms with Gasteiger partial charge in [-0.05, 0) is 42.5 Å². The predicted octanol–water partition coefficient (Wildman–Crippen LogP) is 5.33. The fourth-order valence-electron chi connectivity index (χ4n) is 2.77. The molecule has 0 unspecified atom stereocenters. The Bertz CT molecular complexity index is 1120. The molecule has 0 aliphatic heterocycles. The number of nitrogens with zero attached hydrogens (tertiary/aromatic N) is 1. The summed E-state index contributed by atoms with van der Waals surface area (Å²) in [5.74, 6) is -0.322. The molecule has 4 rings (SSSR count). The van der Waals surface area contributed by atoms with Crippen molar-refractivity contribution in [2.75, 3.05) is 5.32 Å². The number of fused-ring (bicyclic) bond motifs is 1. The van der Waals surface area contributed by atoms with E-state index in [0.29, 0.717) is 27.4 Å². The molecule has 0 aliphatic rings. The van der Waals surface area contributed by atoms with Crippen LogP contribution in [-0.2, 0) is 0 Å². The summed E-state index contributed by atoms with van der Waals surface area (Å²) in [6.07, 6.45) is 1.55. The van der Waals surface area contributed by atoms with Crippen molar-refractivity contribution in [2.24, 2.45) is 0 Å². The lowest BCUT2D eigenvalue weighted by molar-refractivity contribution is 0.103. The average molecular weight is 366 g/mol. The van der Waals surface area contributed by atoms with Gasteiger partial charge in [0.1, 0.15) is 17.3 Å². The second-order valence-electron chi connectivity index (χ2n) is 5.74. The number of aromatic amines is 1. The number of hydrogen-bond acceptors (Lipinski definition) is 3. The number of H-pyrrole nitrogens is 1. The highest BCUT2D eigenvalue weighted by molar-refractivity contribution is 6.30. The molecule has 0 saturated carbocycles. The minimum atomic E-state index is -0.543. The molecule has 128 valence electrons. The Morgan fingerprint density at radius 2 is 1.88 bits per heavy atom. The predicted molar refractivity (Wildman–Crippen MR) is 101 cm³/mol. The van der Waals surface area contributed by atoms with Crippen LogP contribution in [-0.4, -0.2) is 15.8 Å². The van der Waals surface area contributed by atoms with Crippen LogP contribution in [0.4, 0.5) is 15.9 Å². The smallest absolute Gasteiger partial charge is 0.198 e. The Balaban J connectivity index is 1.67. The minimum Gasteiger partial charge on any atom is -0.345 e. The molecule has 0 radical (unpaired) electrons. The maximum atomic E-state index is 13.9. The highest BCUT2D eigenvalue weighted by atomic mass is 35.5. The van der Waals surface area contributed by atoms with Gasteiger partial charge in [-0.25, -0.2) is 9.37 Å². The largest absolute Gasteiger partial charge is 0.345 e. The molecule has 4 nitrogen and oxygen atoms in total. The fraction of sp³-hybridized carbons (Fsp3) is 0. The molecule has 0 atom stereocenters. The van der Waals surface area contributed by atoms with Crippen LogP contribution >= 0.6 is 11.6 Å². The van der Waals surface area contributed by atoms with Gasteiger partial charge in [0.15, 0.2) is 5.78 Å². The molecule has 0 bridgehead atoms. The Kier molecular flexibility index (Phi) is 4.14. The summed E-state index contributed by atoms with van der Waals surface area (Å²) in [6, 6.07) is 16.8. The second-order valence-corrected chi connectivity index (χ2v) is 6.18. The lowest BCUT2D eigenvalue weighted by Gasteiger charge is -2.06. The van der Waals surface area contributed by atoms with E-state index in [4.69, 9.17) is 11.6 Å². The Labute approximate surface area is 153 Å². The van der Waals surface area contributed by atoms with Crippen molar-refractivity contribution in [3.05, 3.63) is 88.8 Å². The normalized spacial score (nSPS) is 10.8. The lowest BCUT2D eigenvalue weighted by Crippen LogP contribution is -2.03. The molecular formula is C20H13ClFN3O. The summed E-state index contributed by atoms with van der Waals surface area (Å²) in [5, 5.41) is 4.41. The summed E-state index contributed by atoms with van der Waals surface area (Å²) in [6.45, 7) is 0. The number of ketones is 1. The highest BCUT2D eigenvalue weighted by Gasteiger charge is 2.18. The number of nitrogens with one attached hydrogen (secondary N) is 2. The van der Waals surface area contributed by atoms with Crippen molar-refractivity contribution >= 4 is 39.9 Å². The quantitative estimate of drug-likeness (QED) is 0.480. The Morgan fingerprint density at radius 1 is 1.04 bits per heavy atom. The van der Waals surface area contributed by atoms with Crippen molar-refractivity contribution in [1.29, 1.82) is 0 Å². The average Bonchev–Trinajstić information content (AvgIpc) is 3.05. The van der Waals surface area contributed by atoms with Crippen LogP contribution in [0.5, 0.6) is 0 Å². The van der Waals surface area contributed by atoms with Crippen molar-refractivity contribution < 1.29 is 9.18 Å². The number of hydrogen-bond donors (Lipinski definition) is 2. The summed E-state index contributed by atoms with van der Waals surface area (Å²) in [4.78, 5) is 20.1. The summed E-state index contributed by atoms with van der Waals surface area (Å²) >= 11 is 5.98. The maximum Gasteiger partial charge on any atom is 0.198 e. The first-order valence-electron chi connectivity index (χ1n) is 7.92. The molecular weight excluding hydrogens is 353 g/mol. The van der Waals surface area contributed by atoms with E-state index in [-0.39, 0.29) is 11.3 Å². The highest BCUT2D eigenvalue weighted by Crippen LogP contribution is 2.25. The van der Waals surface area contributed by atoms with E-state index in [1.165, 1.54) is 12.1 Å². The SMILES string of the molecule is O=C(c1ccccc1F)c1c[nH]c2nc(Nc3cccc(Cl)c3)ccc12. The summed E-state index contributed by atoms with van der Waals surface area (Å²) < 4.78 is 13.9. The molecule has 6 heteroatoms. The number of anilines is 2. The molecule has 2 N–H and O–H groups in total. The monoisotopic (exact) mass is 365 g/mol. The van der Waals surface area contributed by atoms with Crippen molar-refractivity contribution in [3.63, 3.8) is 0 Å². The molecule has 0 amide bonds. The van der Waals surface area contributed by atoms with Gasteiger partial charge >= 0.3 is 0 Å². The third kappa shape index (κ3) is 3.05. The number of pyridine rings is 1. The van der Waals surface area contributed by atoms with Crippen LogP contribution in [0.1, 0.15) is 15.9 Å². The molecule has 2 heterocycles. The molecule has 2 aromatic heterocycles. The van der Waals surface area contributed by atoms with E-state index >= 15 is 0 Å². The van der Waals surface area contributed by atoms with Gasteiger partial charge in [-0.15, -0.1) is 0 Å². The van der Waals surface area contributed by atoms with Crippen molar-refractivity contribution in [2.45, 2.75) is 0 Å². The fourth-order valence-corrected chi connectivity index (χ4v) is 2.96. The maximum absolute atomic E-state index is 13.9. The van der Waals surface area contributed by atoms with Crippen LogP contribution in [0.15, 0.2) is 66.9 Å². The van der Waals surface area contributed by atoms with Crippen LogP contribution in [0.2, 0.25) is 5.02 Å². The first kappa shape index (κ1) is 16.3. The minimum absolute atomic E-state index is 0.0366. The van der Waals surface area contributed by atoms with Gasteiger partial charge in [0.05, 0.1) is 5.56 Å². The molecule has 0 fully saturated rings. The summed E-state index contributed by atoms with van der Waals surface area (Å²) in [7, 11) is 0. The van der Waals surface area contributed by atoms with Crippen molar-refractivity contribution in [1.82, 2.24) is 9.97 Å². The summed E-state index contributed by atoms with van der Waals surface area (Å²) in [5.41, 5.74) is 1.76. The zero-order valence-electron chi connectivity index (χ0n) is 13.5.